The Hall–Kier alpha value is -2.69. The molecule has 2 aromatic carbocycles. The molecule has 0 heterocycles. The minimum atomic E-state index is -0.582. The van der Waals surface area contributed by atoms with Gasteiger partial charge in [0.2, 0.25) is 0 Å². The average molecular weight is 273 g/mol. The van der Waals surface area contributed by atoms with Crippen molar-refractivity contribution in [1.29, 1.82) is 0 Å². The highest BCUT2D eigenvalue weighted by molar-refractivity contribution is 5.95. The second kappa shape index (κ2) is 5.97. The summed E-state index contributed by atoms with van der Waals surface area (Å²) in [6.45, 7) is 0.102. The van der Waals surface area contributed by atoms with E-state index in [0.717, 1.165) is 5.56 Å². The molecule has 0 aliphatic rings. The molecule has 0 aromatic heterocycles. The first-order valence-electron chi connectivity index (χ1n) is 5.98. The van der Waals surface area contributed by atoms with Gasteiger partial charge in [-0.15, -0.1) is 0 Å². The molecule has 2 rings (SSSR count). The van der Waals surface area contributed by atoms with E-state index >= 15 is 0 Å². The van der Waals surface area contributed by atoms with Crippen LogP contribution in [0.25, 0.3) is 0 Å². The molecule has 0 radical (unpaired) electrons. The summed E-state index contributed by atoms with van der Waals surface area (Å²) < 4.78 is 10.3. The molecule has 0 aliphatic carbocycles. The van der Waals surface area contributed by atoms with Crippen molar-refractivity contribution >= 4 is 11.7 Å². The molecule has 5 nitrogen and oxygen atoms in total. The van der Waals surface area contributed by atoms with Crippen LogP contribution >= 0.6 is 0 Å². The first kappa shape index (κ1) is 13.7. The van der Waals surface area contributed by atoms with Crippen LogP contribution in [0.2, 0.25) is 0 Å². The summed E-state index contributed by atoms with van der Waals surface area (Å²) in [6.07, 6.45) is 0. The van der Waals surface area contributed by atoms with Crippen molar-refractivity contribution in [1.82, 2.24) is 0 Å². The van der Waals surface area contributed by atoms with Gasteiger partial charge in [0, 0.05) is 5.69 Å². The zero-order valence-corrected chi connectivity index (χ0v) is 11.0. The Morgan fingerprint density at radius 1 is 1.25 bits per heavy atom. The average Bonchev–Trinajstić information content (AvgIpc) is 2.47. The number of benzene rings is 2. The maximum atomic E-state index is 11.9. The zero-order valence-electron chi connectivity index (χ0n) is 11.0. The van der Waals surface area contributed by atoms with E-state index in [-0.39, 0.29) is 23.6 Å². The lowest BCUT2D eigenvalue weighted by Crippen LogP contribution is -2.08. The molecule has 3 N–H and O–H groups in total. The van der Waals surface area contributed by atoms with Crippen molar-refractivity contribution in [2.45, 2.75) is 6.61 Å². The summed E-state index contributed by atoms with van der Waals surface area (Å²) in [4.78, 5) is 11.9. The summed E-state index contributed by atoms with van der Waals surface area (Å²) in [5.41, 5.74) is 6.88. The van der Waals surface area contributed by atoms with Gasteiger partial charge in [-0.05, 0) is 35.9 Å². The predicted molar refractivity (Wildman–Crippen MR) is 74.6 cm³/mol. The van der Waals surface area contributed by atoms with Crippen LogP contribution in [0.3, 0.4) is 0 Å². The molecule has 0 saturated carbocycles. The lowest BCUT2D eigenvalue weighted by Gasteiger charge is -2.08. The highest BCUT2D eigenvalue weighted by Gasteiger charge is 2.12. The van der Waals surface area contributed by atoms with Crippen LogP contribution < -0.4 is 10.5 Å². The highest BCUT2D eigenvalue weighted by Crippen LogP contribution is 2.20. The van der Waals surface area contributed by atoms with E-state index in [1.54, 1.807) is 19.2 Å². The van der Waals surface area contributed by atoms with E-state index in [9.17, 15) is 9.90 Å². The molecule has 0 unspecified atom stereocenters. The third-order valence-corrected chi connectivity index (χ3v) is 2.76. The van der Waals surface area contributed by atoms with Crippen molar-refractivity contribution < 1.29 is 19.4 Å². The summed E-state index contributed by atoms with van der Waals surface area (Å²) in [7, 11) is 1.57. The first-order valence-corrected chi connectivity index (χ1v) is 5.98. The van der Waals surface area contributed by atoms with Gasteiger partial charge in [-0.2, -0.15) is 0 Å². The molecule has 0 spiro atoms. The van der Waals surface area contributed by atoms with Crippen LogP contribution in [-0.4, -0.2) is 18.2 Å². The highest BCUT2D eigenvalue weighted by atomic mass is 16.5. The fourth-order valence-corrected chi connectivity index (χ4v) is 1.71. The number of phenolic OH excluding ortho intramolecular Hbond substituents is 1. The number of rotatable bonds is 4. The van der Waals surface area contributed by atoms with E-state index < -0.39 is 5.97 Å². The number of hydrogen-bond acceptors (Lipinski definition) is 5. The smallest absolute Gasteiger partial charge is 0.340 e. The van der Waals surface area contributed by atoms with Gasteiger partial charge in [0.25, 0.3) is 0 Å². The van der Waals surface area contributed by atoms with Crippen molar-refractivity contribution in [2.24, 2.45) is 0 Å². The minimum absolute atomic E-state index is 0.0347. The number of hydrogen-bond donors (Lipinski definition) is 2. The molecule has 0 bridgehead atoms. The number of aromatic hydroxyl groups is 1. The predicted octanol–water partition coefficient (Wildman–Crippen LogP) is 2.34. The number of nitrogen functional groups attached to an aromatic ring is 1. The van der Waals surface area contributed by atoms with Crippen LogP contribution in [0.5, 0.6) is 11.5 Å². The Balaban J connectivity index is 2.06. The van der Waals surface area contributed by atoms with E-state index in [1.165, 1.54) is 18.2 Å². The normalized spacial score (nSPS) is 10.1. The minimum Gasteiger partial charge on any atom is -0.508 e. The summed E-state index contributed by atoms with van der Waals surface area (Å²) in [5.74, 6) is 0.0733. The molecule has 0 saturated heterocycles. The number of phenols is 1. The number of carbonyl (C=O) groups excluding carboxylic acids is 1. The summed E-state index contributed by atoms with van der Waals surface area (Å²) >= 11 is 0. The molecule has 0 atom stereocenters. The van der Waals surface area contributed by atoms with Gasteiger partial charge in [-0.1, -0.05) is 12.1 Å². The van der Waals surface area contributed by atoms with Gasteiger partial charge >= 0.3 is 5.97 Å². The maximum Gasteiger partial charge on any atom is 0.340 e. The maximum absolute atomic E-state index is 11.9. The van der Waals surface area contributed by atoms with Crippen LogP contribution in [0.1, 0.15) is 15.9 Å². The van der Waals surface area contributed by atoms with E-state index in [1.807, 2.05) is 12.1 Å². The van der Waals surface area contributed by atoms with Gasteiger partial charge in [0.1, 0.15) is 18.1 Å². The number of ether oxygens (including phenoxy) is 2. The van der Waals surface area contributed by atoms with Crippen molar-refractivity contribution in [2.75, 3.05) is 12.8 Å². The number of esters is 1. The van der Waals surface area contributed by atoms with E-state index in [2.05, 4.69) is 0 Å². The number of nitrogens with two attached hydrogens (primary N) is 1. The molecule has 20 heavy (non-hydrogen) atoms. The van der Waals surface area contributed by atoms with Gasteiger partial charge in [0.05, 0.1) is 12.7 Å². The molecule has 104 valence electrons. The van der Waals surface area contributed by atoms with Crippen LogP contribution in [0, 0.1) is 0 Å². The third kappa shape index (κ3) is 3.20. The second-order valence-corrected chi connectivity index (χ2v) is 4.20. The van der Waals surface area contributed by atoms with Crippen molar-refractivity contribution in [3.8, 4) is 11.5 Å². The fourth-order valence-electron chi connectivity index (χ4n) is 1.71. The fraction of sp³-hybridized carbons (Fsp3) is 0.133. The molecule has 2 aromatic rings. The molecule has 0 fully saturated rings. The Bertz CT molecular complexity index is 625. The topological polar surface area (TPSA) is 81.8 Å². The number of anilines is 1. The molecular formula is C15H15NO4. The molecular weight excluding hydrogens is 258 g/mol. The zero-order chi connectivity index (χ0) is 14.5. The van der Waals surface area contributed by atoms with Crippen LogP contribution in [-0.2, 0) is 11.3 Å². The lowest BCUT2D eigenvalue weighted by molar-refractivity contribution is 0.0473. The number of carbonyl (C=O) groups is 1. The quantitative estimate of drug-likeness (QED) is 0.507. The SMILES string of the molecule is COc1cccc(COC(=O)c2cc(O)ccc2N)c1. The monoisotopic (exact) mass is 273 g/mol. The largest absolute Gasteiger partial charge is 0.508 e. The van der Waals surface area contributed by atoms with E-state index in [4.69, 9.17) is 15.2 Å². The Morgan fingerprint density at radius 2 is 2.05 bits per heavy atom. The van der Waals surface area contributed by atoms with Crippen LogP contribution in [0.15, 0.2) is 42.5 Å². The lowest BCUT2D eigenvalue weighted by atomic mass is 10.1. The van der Waals surface area contributed by atoms with Gasteiger partial charge in [0.15, 0.2) is 0 Å². The summed E-state index contributed by atoms with van der Waals surface area (Å²) in [6, 6.07) is 11.4. The van der Waals surface area contributed by atoms with Crippen LogP contribution in [0.4, 0.5) is 5.69 Å². The van der Waals surface area contributed by atoms with E-state index in [0.29, 0.717) is 5.75 Å². The Morgan fingerprint density at radius 3 is 2.80 bits per heavy atom. The Labute approximate surface area is 116 Å². The van der Waals surface area contributed by atoms with Crippen molar-refractivity contribution in [3.05, 3.63) is 53.6 Å². The summed E-state index contributed by atoms with van der Waals surface area (Å²) in [5, 5.41) is 9.36. The van der Waals surface area contributed by atoms with Crippen molar-refractivity contribution in [3.63, 3.8) is 0 Å². The van der Waals surface area contributed by atoms with Gasteiger partial charge in [-0.3, -0.25) is 0 Å². The van der Waals surface area contributed by atoms with Gasteiger partial charge in [-0.25, -0.2) is 4.79 Å². The Kier molecular flexibility index (Phi) is 4.10. The standard InChI is InChI=1S/C15H15NO4/c1-19-12-4-2-3-10(7-12)9-20-15(18)13-8-11(17)5-6-14(13)16/h2-8,17H,9,16H2,1H3. The first-order chi connectivity index (χ1) is 9.60. The second-order valence-electron chi connectivity index (χ2n) is 4.20. The molecule has 5 heteroatoms. The number of methoxy groups -OCH3 is 1. The molecule has 0 aliphatic heterocycles. The van der Waals surface area contributed by atoms with Gasteiger partial charge < -0.3 is 20.3 Å². The third-order valence-electron chi connectivity index (χ3n) is 2.76. The molecule has 0 amide bonds.